The molecule has 1 atom stereocenters. The fourth-order valence-corrected chi connectivity index (χ4v) is 3.28. The number of nitrogens with two attached hydrogens (primary N) is 1. The molecule has 2 aromatic heterocycles. The van der Waals surface area contributed by atoms with Crippen LogP contribution in [0.3, 0.4) is 0 Å². The number of thiophene rings is 1. The molecule has 0 fully saturated rings. The molecule has 0 saturated heterocycles. The molecule has 80 valence electrons. The summed E-state index contributed by atoms with van der Waals surface area (Å²) in [5, 5.41) is 5.24. The van der Waals surface area contributed by atoms with Gasteiger partial charge in [-0.05, 0) is 23.4 Å². The zero-order valence-electron chi connectivity index (χ0n) is 8.64. The van der Waals surface area contributed by atoms with Crippen molar-refractivity contribution in [2.45, 2.75) is 25.8 Å². The number of aryl methyl sites for hydroxylation is 1. The van der Waals surface area contributed by atoms with Gasteiger partial charge in [-0.25, -0.2) is 4.98 Å². The highest BCUT2D eigenvalue weighted by Crippen LogP contribution is 2.26. The van der Waals surface area contributed by atoms with Crippen molar-refractivity contribution in [1.82, 2.24) is 4.98 Å². The number of thiazole rings is 1. The lowest BCUT2D eigenvalue weighted by molar-refractivity contribution is 0.724. The molecule has 0 spiro atoms. The smallest absolute Gasteiger partial charge is 0.0944 e. The molecule has 0 saturated carbocycles. The maximum absolute atomic E-state index is 6.18. The first-order chi connectivity index (χ1) is 7.31. The Bertz CT molecular complexity index is 406. The Morgan fingerprint density at radius 1 is 1.40 bits per heavy atom. The average molecular weight is 238 g/mol. The fraction of sp³-hybridized carbons (Fsp3) is 0.364. The molecule has 2 nitrogen and oxygen atoms in total. The van der Waals surface area contributed by atoms with E-state index >= 15 is 0 Å². The second kappa shape index (κ2) is 4.88. The molecule has 15 heavy (non-hydrogen) atoms. The summed E-state index contributed by atoms with van der Waals surface area (Å²) in [6.45, 7) is 2.17. The minimum atomic E-state index is 0.103. The summed E-state index contributed by atoms with van der Waals surface area (Å²) >= 11 is 3.43. The van der Waals surface area contributed by atoms with Gasteiger partial charge in [0.15, 0.2) is 0 Å². The van der Waals surface area contributed by atoms with Gasteiger partial charge in [0.1, 0.15) is 0 Å². The van der Waals surface area contributed by atoms with Crippen molar-refractivity contribution in [3.63, 3.8) is 0 Å². The number of hydrogen-bond acceptors (Lipinski definition) is 4. The maximum atomic E-state index is 6.18. The van der Waals surface area contributed by atoms with Crippen molar-refractivity contribution in [1.29, 1.82) is 0 Å². The van der Waals surface area contributed by atoms with E-state index in [1.54, 1.807) is 22.7 Å². The van der Waals surface area contributed by atoms with E-state index in [1.165, 1.54) is 10.4 Å². The van der Waals surface area contributed by atoms with E-state index in [-0.39, 0.29) is 6.04 Å². The average Bonchev–Trinajstić information content (AvgIpc) is 2.86. The van der Waals surface area contributed by atoms with Crippen LogP contribution in [0.2, 0.25) is 0 Å². The molecule has 2 heterocycles. The standard InChI is InChI=1S/C11H14N2S2/c1-2-8-3-5-15-11(8)9(12)7-10-13-4-6-14-10/h3-6,9H,2,7,12H2,1H3. The minimum absolute atomic E-state index is 0.103. The Labute approximate surface area is 97.8 Å². The Hall–Kier alpha value is -0.710. The molecule has 0 aliphatic rings. The molecule has 1 unspecified atom stereocenters. The normalized spacial score (nSPS) is 12.9. The van der Waals surface area contributed by atoms with Crippen LogP contribution < -0.4 is 5.73 Å². The summed E-state index contributed by atoms with van der Waals surface area (Å²) in [5.74, 6) is 0. The van der Waals surface area contributed by atoms with E-state index in [0.717, 1.165) is 17.8 Å². The fourth-order valence-electron chi connectivity index (χ4n) is 1.60. The molecule has 0 aliphatic heterocycles. The minimum Gasteiger partial charge on any atom is -0.323 e. The van der Waals surface area contributed by atoms with Crippen molar-refractivity contribution < 1.29 is 0 Å². The van der Waals surface area contributed by atoms with Gasteiger partial charge in [-0.15, -0.1) is 22.7 Å². The summed E-state index contributed by atoms with van der Waals surface area (Å²) in [6, 6.07) is 2.27. The van der Waals surface area contributed by atoms with E-state index in [1.807, 2.05) is 11.6 Å². The zero-order chi connectivity index (χ0) is 10.7. The first-order valence-electron chi connectivity index (χ1n) is 5.01. The topological polar surface area (TPSA) is 38.9 Å². The molecular weight excluding hydrogens is 224 g/mol. The molecule has 2 rings (SSSR count). The predicted molar refractivity (Wildman–Crippen MR) is 66.4 cm³/mol. The molecule has 2 N–H and O–H groups in total. The molecule has 0 radical (unpaired) electrons. The molecule has 0 aromatic carbocycles. The van der Waals surface area contributed by atoms with Crippen LogP contribution in [0.1, 0.15) is 28.4 Å². The molecule has 2 aromatic rings. The molecule has 0 bridgehead atoms. The van der Waals surface area contributed by atoms with Gasteiger partial charge in [-0.3, -0.25) is 0 Å². The zero-order valence-corrected chi connectivity index (χ0v) is 10.3. The highest BCUT2D eigenvalue weighted by Gasteiger charge is 2.13. The third-order valence-corrected chi connectivity index (χ3v) is 4.27. The van der Waals surface area contributed by atoms with Crippen LogP contribution >= 0.6 is 22.7 Å². The van der Waals surface area contributed by atoms with Crippen LogP contribution in [-0.4, -0.2) is 4.98 Å². The number of aromatic nitrogens is 1. The van der Waals surface area contributed by atoms with Crippen molar-refractivity contribution in [3.05, 3.63) is 38.5 Å². The summed E-state index contributed by atoms with van der Waals surface area (Å²) < 4.78 is 0. The van der Waals surface area contributed by atoms with Gasteiger partial charge in [0, 0.05) is 28.9 Å². The van der Waals surface area contributed by atoms with Crippen molar-refractivity contribution >= 4 is 22.7 Å². The predicted octanol–water partition coefficient (Wildman–Crippen LogP) is 3.01. The maximum Gasteiger partial charge on any atom is 0.0944 e. The van der Waals surface area contributed by atoms with Crippen LogP contribution in [0, 0.1) is 0 Å². The molecule has 4 heteroatoms. The van der Waals surface area contributed by atoms with Gasteiger partial charge in [0.2, 0.25) is 0 Å². The van der Waals surface area contributed by atoms with Gasteiger partial charge in [-0.2, -0.15) is 0 Å². The summed E-state index contributed by atoms with van der Waals surface area (Å²) in [4.78, 5) is 5.58. The third kappa shape index (κ3) is 2.45. The lowest BCUT2D eigenvalue weighted by Crippen LogP contribution is -2.13. The van der Waals surface area contributed by atoms with E-state index in [9.17, 15) is 0 Å². The van der Waals surface area contributed by atoms with Crippen LogP contribution in [0.15, 0.2) is 23.0 Å². The highest BCUT2D eigenvalue weighted by molar-refractivity contribution is 7.10. The lowest BCUT2D eigenvalue weighted by atomic mass is 10.1. The van der Waals surface area contributed by atoms with Crippen LogP contribution in [0.25, 0.3) is 0 Å². The van der Waals surface area contributed by atoms with Crippen LogP contribution in [0.4, 0.5) is 0 Å². The molecule has 0 aliphatic carbocycles. The second-order valence-electron chi connectivity index (χ2n) is 3.40. The van der Waals surface area contributed by atoms with Crippen molar-refractivity contribution in [2.24, 2.45) is 5.73 Å². The van der Waals surface area contributed by atoms with Crippen molar-refractivity contribution in [3.8, 4) is 0 Å². The van der Waals surface area contributed by atoms with E-state index in [0.29, 0.717) is 0 Å². The highest BCUT2D eigenvalue weighted by atomic mass is 32.1. The summed E-state index contributed by atoms with van der Waals surface area (Å²) in [6.07, 6.45) is 3.75. The van der Waals surface area contributed by atoms with E-state index in [4.69, 9.17) is 5.73 Å². The lowest BCUT2D eigenvalue weighted by Gasteiger charge is -2.09. The SMILES string of the molecule is CCc1ccsc1C(N)Cc1nccs1. The van der Waals surface area contributed by atoms with Gasteiger partial charge >= 0.3 is 0 Å². The summed E-state index contributed by atoms with van der Waals surface area (Å²) in [5.41, 5.74) is 7.56. The van der Waals surface area contributed by atoms with Crippen molar-refractivity contribution in [2.75, 3.05) is 0 Å². The molecule has 0 amide bonds. The quantitative estimate of drug-likeness (QED) is 0.889. The Morgan fingerprint density at radius 2 is 2.27 bits per heavy atom. The second-order valence-corrected chi connectivity index (χ2v) is 5.33. The van der Waals surface area contributed by atoms with Crippen LogP contribution in [0.5, 0.6) is 0 Å². The first kappa shape index (κ1) is 10.8. The number of rotatable bonds is 4. The van der Waals surface area contributed by atoms with E-state index < -0.39 is 0 Å². The van der Waals surface area contributed by atoms with Crippen LogP contribution in [-0.2, 0) is 12.8 Å². The third-order valence-electron chi connectivity index (χ3n) is 2.38. The van der Waals surface area contributed by atoms with Gasteiger partial charge < -0.3 is 5.73 Å². The monoisotopic (exact) mass is 238 g/mol. The summed E-state index contributed by atoms with van der Waals surface area (Å²) in [7, 11) is 0. The number of hydrogen-bond donors (Lipinski definition) is 1. The number of nitrogens with zero attached hydrogens (tertiary/aromatic N) is 1. The van der Waals surface area contributed by atoms with E-state index in [2.05, 4.69) is 23.4 Å². The van der Waals surface area contributed by atoms with Gasteiger partial charge in [-0.1, -0.05) is 6.92 Å². The molecular formula is C11H14N2S2. The first-order valence-corrected chi connectivity index (χ1v) is 6.77. The van der Waals surface area contributed by atoms with Gasteiger partial charge in [0.25, 0.3) is 0 Å². The Morgan fingerprint density at radius 3 is 2.93 bits per heavy atom. The Kier molecular flexibility index (Phi) is 3.51. The largest absolute Gasteiger partial charge is 0.323 e. The Balaban J connectivity index is 2.11. The van der Waals surface area contributed by atoms with Gasteiger partial charge in [0.05, 0.1) is 5.01 Å².